The molecule has 0 radical (unpaired) electrons. The van der Waals surface area contributed by atoms with Crippen molar-refractivity contribution in [1.82, 2.24) is 4.98 Å². The summed E-state index contributed by atoms with van der Waals surface area (Å²) in [6.45, 7) is 1.33. The number of nitrogens with zero attached hydrogens (tertiary/aromatic N) is 1. The van der Waals surface area contributed by atoms with E-state index in [1.54, 1.807) is 6.92 Å². The summed E-state index contributed by atoms with van der Waals surface area (Å²) in [7, 11) is 0. The molecular weight excluding hydrogens is 252 g/mol. The second kappa shape index (κ2) is 6.61. The zero-order chi connectivity index (χ0) is 12.8. The first-order chi connectivity index (χ1) is 7.99. The molecule has 0 fully saturated rings. The number of hydrogen-bond donors (Lipinski definition) is 1. The molecule has 96 valence electrons. The van der Waals surface area contributed by atoms with Crippen LogP contribution >= 0.6 is 11.3 Å². The first-order valence-electron chi connectivity index (χ1n) is 5.02. The Hall–Kier alpha value is -1.08. The van der Waals surface area contributed by atoms with Crippen LogP contribution in [-0.4, -0.2) is 35.7 Å². The molecular formula is C10H13F2NO3S. The van der Waals surface area contributed by atoms with Crippen LogP contribution in [0.2, 0.25) is 0 Å². The van der Waals surface area contributed by atoms with Gasteiger partial charge in [-0.25, -0.2) is 13.8 Å². The summed E-state index contributed by atoms with van der Waals surface area (Å²) in [5.74, 6) is -0.905. The maximum Gasteiger partial charge on any atom is 0.308 e. The summed E-state index contributed by atoms with van der Waals surface area (Å²) in [4.78, 5) is 15.4. The van der Waals surface area contributed by atoms with Crippen molar-refractivity contribution >= 4 is 17.3 Å². The molecule has 4 nitrogen and oxygen atoms in total. The second-order valence-electron chi connectivity index (χ2n) is 3.40. The molecule has 1 aromatic heterocycles. The summed E-state index contributed by atoms with van der Waals surface area (Å²) in [6, 6.07) is 0. The van der Waals surface area contributed by atoms with Crippen molar-refractivity contribution in [2.45, 2.75) is 26.2 Å². The van der Waals surface area contributed by atoms with Crippen LogP contribution in [0.1, 0.15) is 15.6 Å². The summed E-state index contributed by atoms with van der Waals surface area (Å²) >= 11 is 1.29. The van der Waals surface area contributed by atoms with Gasteiger partial charge >= 0.3 is 5.97 Å². The average Bonchev–Trinajstić information content (AvgIpc) is 2.53. The number of thiazole rings is 1. The normalized spacial score (nSPS) is 11.1. The van der Waals surface area contributed by atoms with Gasteiger partial charge in [-0.1, -0.05) is 0 Å². The van der Waals surface area contributed by atoms with Gasteiger partial charge in [0.25, 0.3) is 6.43 Å². The lowest BCUT2D eigenvalue weighted by Gasteiger charge is -2.00. The number of halogens is 2. The molecule has 0 aliphatic rings. The maximum absolute atomic E-state index is 11.8. The SMILES string of the molecule is Cc1nc(CCOCC(F)F)sc1CC(=O)O. The number of alkyl halides is 2. The number of ether oxygens (including phenoxy) is 1. The predicted molar refractivity (Wildman–Crippen MR) is 58.7 cm³/mol. The molecule has 17 heavy (non-hydrogen) atoms. The lowest BCUT2D eigenvalue weighted by molar-refractivity contribution is -0.136. The van der Waals surface area contributed by atoms with Crippen molar-refractivity contribution < 1.29 is 23.4 Å². The van der Waals surface area contributed by atoms with Gasteiger partial charge in [0.1, 0.15) is 6.61 Å². The fourth-order valence-electron chi connectivity index (χ4n) is 1.23. The molecule has 1 N–H and O–H groups in total. The van der Waals surface area contributed by atoms with Gasteiger partial charge in [-0.2, -0.15) is 0 Å². The van der Waals surface area contributed by atoms with Crippen LogP contribution in [0.5, 0.6) is 0 Å². The number of rotatable bonds is 7. The molecule has 1 rings (SSSR count). The fourth-order valence-corrected chi connectivity index (χ4v) is 2.27. The third-order valence-corrected chi connectivity index (χ3v) is 3.17. The lowest BCUT2D eigenvalue weighted by atomic mass is 10.3. The minimum atomic E-state index is -2.46. The zero-order valence-corrected chi connectivity index (χ0v) is 10.1. The molecule has 0 atom stereocenters. The van der Waals surface area contributed by atoms with E-state index < -0.39 is 19.0 Å². The number of aliphatic carboxylic acids is 1. The van der Waals surface area contributed by atoms with E-state index in [-0.39, 0.29) is 13.0 Å². The standard InChI is InChI=1S/C10H13F2NO3S/c1-6-7(4-10(14)15)17-9(13-6)2-3-16-5-8(11)12/h8H,2-5H2,1H3,(H,14,15). The van der Waals surface area contributed by atoms with E-state index in [0.29, 0.717) is 22.0 Å². The lowest BCUT2D eigenvalue weighted by Crippen LogP contribution is -2.06. The van der Waals surface area contributed by atoms with E-state index in [4.69, 9.17) is 9.84 Å². The Morgan fingerprint density at radius 3 is 2.88 bits per heavy atom. The Bertz CT molecular complexity index is 382. The van der Waals surface area contributed by atoms with Crippen LogP contribution in [0, 0.1) is 6.92 Å². The van der Waals surface area contributed by atoms with Gasteiger partial charge in [-0.05, 0) is 6.92 Å². The molecule has 1 aromatic rings. The van der Waals surface area contributed by atoms with Crippen molar-refractivity contribution in [2.75, 3.05) is 13.2 Å². The Morgan fingerprint density at radius 2 is 2.29 bits per heavy atom. The average molecular weight is 265 g/mol. The van der Waals surface area contributed by atoms with Gasteiger partial charge in [0.05, 0.1) is 23.7 Å². The van der Waals surface area contributed by atoms with Crippen LogP contribution < -0.4 is 0 Å². The second-order valence-corrected chi connectivity index (χ2v) is 4.57. The molecule has 0 aliphatic heterocycles. The highest BCUT2D eigenvalue weighted by Gasteiger charge is 2.11. The number of aryl methyl sites for hydroxylation is 1. The summed E-state index contributed by atoms with van der Waals surface area (Å²) < 4.78 is 28.3. The highest BCUT2D eigenvalue weighted by atomic mass is 32.1. The minimum absolute atomic E-state index is 0.0542. The van der Waals surface area contributed by atoms with E-state index in [1.165, 1.54) is 11.3 Å². The predicted octanol–water partition coefficient (Wildman–Crippen LogP) is 1.90. The molecule has 1 heterocycles. The van der Waals surface area contributed by atoms with Gasteiger partial charge in [0.15, 0.2) is 0 Å². The van der Waals surface area contributed by atoms with Gasteiger partial charge in [-0.15, -0.1) is 11.3 Å². The molecule has 0 aromatic carbocycles. The molecule has 0 saturated carbocycles. The Labute approximate surface area is 101 Å². The molecule has 0 saturated heterocycles. The zero-order valence-electron chi connectivity index (χ0n) is 9.28. The molecule has 0 aliphatic carbocycles. The molecule has 7 heteroatoms. The number of aromatic nitrogens is 1. The van der Waals surface area contributed by atoms with Crippen molar-refractivity contribution in [3.8, 4) is 0 Å². The summed E-state index contributed by atoms with van der Waals surface area (Å²) in [5.41, 5.74) is 0.682. The Kier molecular flexibility index (Phi) is 5.43. The van der Waals surface area contributed by atoms with E-state index in [0.717, 1.165) is 0 Å². The maximum atomic E-state index is 11.8. The topological polar surface area (TPSA) is 59.4 Å². The smallest absolute Gasteiger partial charge is 0.308 e. The minimum Gasteiger partial charge on any atom is -0.481 e. The van der Waals surface area contributed by atoms with Gasteiger partial charge < -0.3 is 9.84 Å². The van der Waals surface area contributed by atoms with Crippen LogP contribution in [0.15, 0.2) is 0 Å². The van der Waals surface area contributed by atoms with Gasteiger partial charge in [0.2, 0.25) is 0 Å². The summed E-state index contributed by atoms with van der Waals surface area (Å²) in [5, 5.41) is 9.36. The Balaban J connectivity index is 2.41. The third kappa shape index (κ3) is 5.18. The summed E-state index contributed by atoms with van der Waals surface area (Å²) in [6.07, 6.45) is -2.09. The number of carboxylic acids is 1. The van der Waals surface area contributed by atoms with E-state index in [9.17, 15) is 13.6 Å². The van der Waals surface area contributed by atoms with Crippen molar-refractivity contribution in [3.63, 3.8) is 0 Å². The quantitative estimate of drug-likeness (QED) is 0.765. The van der Waals surface area contributed by atoms with E-state index in [2.05, 4.69) is 4.98 Å². The van der Waals surface area contributed by atoms with Crippen molar-refractivity contribution in [2.24, 2.45) is 0 Å². The molecule has 0 amide bonds. The molecule has 0 spiro atoms. The highest BCUT2D eigenvalue weighted by molar-refractivity contribution is 7.11. The molecule has 0 unspecified atom stereocenters. The Morgan fingerprint density at radius 1 is 1.59 bits per heavy atom. The number of hydrogen-bond acceptors (Lipinski definition) is 4. The number of carbonyl (C=O) groups is 1. The van der Waals surface area contributed by atoms with Crippen LogP contribution in [0.25, 0.3) is 0 Å². The van der Waals surface area contributed by atoms with Crippen LogP contribution in [-0.2, 0) is 22.4 Å². The van der Waals surface area contributed by atoms with E-state index >= 15 is 0 Å². The third-order valence-electron chi connectivity index (χ3n) is 1.95. The first kappa shape index (κ1) is 14.0. The largest absolute Gasteiger partial charge is 0.481 e. The van der Waals surface area contributed by atoms with Crippen LogP contribution in [0.3, 0.4) is 0 Å². The van der Waals surface area contributed by atoms with Gasteiger partial charge in [0, 0.05) is 11.3 Å². The highest BCUT2D eigenvalue weighted by Crippen LogP contribution is 2.19. The van der Waals surface area contributed by atoms with Gasteiger partial charge in [-0.3, -0.25) is 4.79 Å². The first-order valence-corrected chi connectivity index (χ1v) is 5.83. The van der Waals surface area contributed by atoms with E-state index in [1.807, 2.05) is 0 Å². The van der Waals surface area contributed by atoms with Crippen molar-refractivity contribution in [1.29, 1.82) is 0 Å². The monoisotopic (exact) mass is 265 g/mol. The van der Waals surface area contributed by atoms with Crippen molar-refractivity contribution in [3.05, 3.63) is 15.6 Å². The molecule has 0 bridgehead atoms. The number of carboxylic acid groups (broad SMARTS) is 1. The van der Waals surface area contributed by atoms with Crippen LogP contribution in [0.4, 0.5) is 8.78 Å². The fraction of sp³-hybridized carbons (Fsp3) is 0.600.